The molecule has 27 heavy (non-hydrogen) atoms. The van der Waals surface area contributed by atoms with Crippen LogP contribution in [0, 0.1) is 0 Å². The quantitative estimate of drug-likeness (QED) is 0.749. The number of pyridine rings is 1. The molecule has 3 aromatic rings. The number of ether oxygens (including phenoxy) is 1. The number of carbonyl (C=O) groups excluding carboxylic acids is 1. The van der Waals surface area contributed by atoms with Crippen LogP contribution in [0.15, 0.2) is 55.2 Å². The Morgan fingerprint density at radius 2 is 2.04 bits per heavy atom. The highest BCUT2D eigenvalue weighted by atomic mass is 35.5. The van der Waals surface area contributed by atoms with Gasteiger partial charge in [-0.2, -0.15) is 0 Å². The van der Waals surface area contributed by atoms with Crippen LogP contribution in [-0.2, 0) is 4.74 Å². The summed E-state index contributed by atoms with van der Waals surface area (Å²) in [5.74, 6) is 0.456. The van der Waals surface area contributed by atoms with Crippen LogP contribution in [-0.4, -0.2) is 46.7 Å². The molecule has 2 aromatic heterocycles. The summed E-state index contributed by atoms with van der Waals surface area (Å²) in [5.41, 5.74) is 1.96. The summed E-state index contributed by atoms with van der Waals surface area (Å²) in [6, 6.07) is 9.00. The van der Waals surface area contributed by atoms with E-state index in [0.717, 1.165) is 18.8 Å². The number of carbonyl (C=O) groups is 1. The molecule has 0 saturated carbocycles. The first kappa shape index (κ1) is 17.5. The largest absolute Gasteiger partial charge is 0.378 e. The Bertz CT molecular complexity index is 922. The van der Waals surface area contributed by atoms with Crippen molar-refractivity contribution in [1.29, 1.82) is 0 Å². The van der Waals surface area contributed by atoms with E-state index in [1.54, 1.807) is 41.6 Å². The first-order valence-corrected chi connectivity index (χ1v) is 8.97. The number of benzene rings is 1. The van der Waals surface area contributed by atoms with Crippen LogP contribution in [0.2, 0.25) is 5.02 Å². The van der Waals surface area contributed by atoms with Gasteiger partial charge in [0, 0.05) is 31.7 Å². The van der Waals surface area contributed by atoms with Gasteiger partial charge >= 0.3 is 0 Å². The highest BCUT2D eigenvalue weighted by Crippen LogP contribution is 2.34. The fourth-order valence-electron chi connectivity index (χ4n) is 2.99. The molecule has 0 unspecified atom stereocenters. The number of anilines is 2. The van der Waals surface area contributed by atoms with Crippen molar-refractivity contribution in [2.45, 2.75) is 0 Å². The summed E-state index contributed by atoms with van der Waals surface area (Å²) < 4.78 is 7.18. The fourth-order valence-corrected chi connectivity index (χ4v) is 3.28. The molecule has 0 aliphatic carbocycles. The molecule has 0 spiro atoms. The number of nitrogens with one attached hydrogen (secondary N) is 1. The third-order valence-corrected chi connectivity index (χ3v) is 4.65. The Kier molecular flexibility index (Phi) is 5.04. The average Bonchev–Trinajstić information content (AvgIpc) is 3.24. The lowest BCUT2D eigenvalue weighted by Crippen LogP contribution is -2.37. The van der Waals surface area contributed by atoms with Crippen LogP contribution >= 0.6 is 11.6 Å². The Morgan fingerprint density at radius 3 is 2.74 bits per heavy atom. The normalized spacial score (nSPS) is 14.2. The topological polar surface area (TPSA) is 72.3 Å². The smallest absolute Gasteiger partial charge is 0.257 e. The van der Waals surface area contributed by atoms with Gasteiger partial charge in [-0.05, 0) is 24.3 Å². The van der Waals surface area contributed by atoms with Crippen molar-refractivity contribution in [3.05, 3.63) is 65.8 Å². The van der Waals surface area contributed by atoms with Gasteiger partial charge in [0.1, 0.15) is 12.1 Å². The number of amides is 1. The zero-order valence-corrected chi connectivity index (χ0v) is 15.3. The number of morpholine rings is 1. The van der Waals surface area contributed by atoms with E-state index in [1.165, 1.54) is 0 Å². The molecule has 8 heteroatoms. The van der Waals surface area contributed by atoms with E-state index in [2.05, 4.69) is 20.2 Å². The molecule has 3 heterocycles. The monoisotopic (exact) mass is 383 g/mol. The fraction of sp³-hybridized carbons (Fsp3) is 0.211. The lowest BCUT2D eigenvalue weighted by Gasteiger charge is -2.31. The van der Waals surface area contributed by atoms with Crippen molar-refractivity contribution in [2.24, 2.45) is 0 Å². The minimum absolute atomic E-state index is 0.239. The number of hydrogen-bond acceptors (Lipinski definition) is 5. The van der Waals surface area contributed by atoms with Gasteiger partial charge in [-0.1, -0.05) is 17.7 Å². The van der Waals surface area contributed by atoms with Gasteiger partial charge in [-0.3, -0.25) is 9.36 Å². The van der Waals surface area contributed by atoms with E-state index in [9.17, 15) is 4.79 Å². The predicted molar refractivity (Wildman–Crippen MR) is 104 cm³/mol. The molecule has 4 rings (SSSR count). The minimum Gasteiger partial charge on any atom is -0.378 e. The Balaban J connectivity index is 1.55. The van der Waals surface area contributed by atoms with Crippen LogP contribution in [0.3, 0.4) is 0 Å². The summed E-state index contributed by atoms with van der Waals surface area (Å²) in [6.45, 7) is 2.73. The number of aromatic nitrogens is 3. The molecule has 1 aromatic carbocycles. The SMILES string of the molecule is O=C(Nc1cccc(Cl)c1N1CCOCC1)c1ccc(-n2ccnc2)nc1. The molecule has 1 aliphatic rings. The van der Waals surface area contributed by atoms with Gasteiger partial charge in [0.2, 0.25) is 0 Å². The van der Waals surface area contributed by atoms with Crippen LogP contribution in [0.25, 0.3) is 5.82 Å². The number of nitrogens with zero attached hydrogens (tertiary/aromatic N) is 4. The van der Waals surface area contributed by atoms with E-state index in [-0.39, 0.29) is 5.91 Å². The average molecular weight is 384 g/mol. The van der Waals surface area contributed by atoms with Crippen molar-refractivity contribution >= 4 is 28.9 Å². The second kappa shape index (κ2) is 7.77. The van der Waals surface area contributed by atoms with E-state index >= 15 is 0 Å². The van der Waals surface area contributed by atoms with Gasteiger partial charge in [0.25, 0.3) is 5.91 Å². The lowest BCUT2D eigenvalue weighted by molar-refractivity contribution is 0.102. The molecule has 7 nitrogen and oxygen atoms in total. The van der Waals surface area contributed by atoms with Crippen LogP contribution in [0.1, 0.15) is 10.4 Å². The maximum absolute atomic E-state index is 12.7. The Morgan fingerprint density at radius 1 is 1.19 bits per heavy atom. The van der Waals surface area contributed by atoms with Crippen molar-refractivity contribution in [3.63, 3.8) is 0 Å². The van der Waals surface area contributed by atoms with Crippen molar-refractivity contribution in [2.75, 3.05) is 36.5 Å². The van der Waals surface area contributed by atoms with Crippen LogP contribution < -0.4 is 10.2 Å². The lowest BCUT2D eigenvalue weighted by atomic mass is 10.2. The van der Waals surface area contributed by atoms with Crippen LogP contribution in [0.4, 0.5) is 11.4 Å². The molecule has 1 fully saturated rings. The number of hydrogen-bond donors (Lipinski definition) is 1. The zero-order valence-electron chi connectivity index (χ0n) is 14.5. The van der Waals surface area contributed by atoms with Crippen molar-refractivity contribution in [3.8, 4) is 5.82 Å². The second-order valence-electron chi connectivity index (χ2n) is 6.06. The minimum atomic E-state index is -0.239. The maximum atomic E-state index is 12.7. The second-order valence-corrected chi connectivity index (χ2v) is 6.47. The van der Waals surface area contributed by atoms with Gasteiger partial charge < -0.3 is 15.0 Å². The van der Waals surface area contributed by atoms with Gasteiger partial charge in [-0.15, -0.1) is 0 Å². The molecular formula is C19H18ClN5O2. The predicted octanol–water partition coefficient (Wildman–Crippen LogP) is 3.01. The first-order valence-electron chi connectivity index (χ1n) is 8.59. The molecule has 0 radical (unpaired) electrons. The zero-order chi connectivity index (χ0) is 18.6. The third-order valence-electron chi connectivity index (χ3n) is 4.34. The maximum Gasteiger partial charge on any atom is 0.257 e. The Labute approximate surface area is 161 Å². The number of halogens is 1. The highest BCUT2D eigenvalue weighted by Gasteiger charge is 2.19. The van der Waals surface area contributed by atoms with E-state index < -0.39 is 0 Å². The third kappa shape index (κ3) is 3.79. The molecule has 1 saturated heterocycles. The highest BCUT2D eigenvalue weighted by molar-refractivity contribution is 6.34. The van der Waals surface area contributed by atoms with Crippen molar-refractivity contribution in [1.82, 2.24) is 14.5 Å². The molecule has 1 amide bonds. The van der Waals surface area contributed by atoms with Gasteiger partial charge in [0.15, 0.2) is 0 Å². The van der Waals surface area contributed by atoms with Gasteiger partial charge in [0.05, 0.1) is 35.2 Å². The van der Waals surface area contributed by atoms with Crippen LogP contribution in [0.5, 0.6) is 0 Å². The van der Waals surface area contributed by atoms with E-state index in [0.29, 0.717) is 35.3 Å². The van der Waals surface area contributed by atoms with Crippen molar-refractivity contribution < 1.29 is 9.53 Å². The summed E-state index contributed by atoms with van der Waals surface area (Å²) in [5, 5.41) is 3.55. The standard InChI is InChI=1S/C19H18ClN5O2/c20-15-2-1-3-16(18(15)24-8-10-27-11-9-24)23-19(26)14-4-5-17(22-12-14)25-7-6-21-13-25/h1-7,12-13H,8-11H2,(H,23,26). The first-order chi connectivity index (χ1) is 13.2. The molecule has 138 valence electrons. The summed E-state index contributed by atoms with van der Waals surface area (Å²) in [6.07, 6.45) is 6.67. The molecular weight excluding hydrogens is 366 g/mol. The summed E-state index contributed by atoms with van der Waals surface area (Å²) in [4.78, 5) is 23.1. The number of para-hydroxylation sites is 1. The Hall–Kier alpha value is -2.90. The summed E-state index contributed by atoms with van der Waals surface area (Å²) in [7, 11) is 0. The molecule has 0 atom stereocenters. The number of rotatable bonds is 4. The van der Waals surface area contributed by atoms with E-state index in [1.807, 2.05) is 18.2 Å². The number of imidazole rings is 1. The van der Waals surface area contributed by atoms with Gasteiger partial charge in [-0.25, -0.2) is 9.97 Å². The summed E-state index contributed by atoms with van der Waals surface area (Å²) >= 11 is 6.42. The molecule has 1 aliphatic heterocycles. The molecule has 1 N–H and O–H groups in total. The van der Waals surface area contributed by atoms with E-state index in [4.69, 9.17) is 16.3 Å². The molecule has 0 bridgehead atoms.